The summed E-state index contributed by atoms with van der Waals surface area (Å²) in [7, 11) is 1.84. The van der Waals surface area contributed by atoms with Crippen LogP contribution in [0.4, 0.5) is 8.78 Å². The van der Waals surface area contributed by atoms with Crippen molar-refractivity contribution in [1.29, 1.82) is 0 Å². The van der Waals surface area contributed by atoms with E-state index in [9.17, 15) is 13.6 Å². The molecule has 0 bridgehead atoms. The molecule has 0 atom stereocenters. The Bertz CT molecular complexity index is 1680. The lowest BCUT2D eigenvalue weighted by molar-refractivity contribution is 0.0383. The molecule has 2 aromatic carbocycles. The molecule has 1 saturated heterocycles. The Balaban J connectivity index is 1.52. The number of amides is 1. The number of carbonyl (C=O) groups is 1. The van der Waals surface area contributed by atoms with Crippen LogP contribution in [0.25, 0.3) is 44.5 Å². The van der Waals surface area contributed by atoms with Crippen LogP contribution in [-0.4, -0.2) is 64.7 Å². The summed E-state index contributed by atoms with van der Waals surface area (Å²) in [5, 5.41) is 3.04. The zero-order valence-electron chi connectivity index (χ0n) is 22.6. The predicted octanol–water partition coefficient (Wildman–Crippen LogP) is 5.31. The number of ether oxygens (including phenoxy) is 1. The highest BCUT2D eigenvalue weighted by Gasteiger charge is 2.25. The number of aryl methyl sites for hydroxylation is 1. The van der Waals surface area contributed by atoms with Crippen LogP contribution in [0.15, 0.2) is 79.1 Å². The maximum absolute atomic E-state index is 14.0. The third-order valence-electron chi connectivity index (χ3n) is 7.44. The van der Waals surface area contributed by atoms with Gasteiger partial charge in [0.15, 0.2) is 0 Å². The Labute approximate surface area is 236 Å². The molecular formula is C32H29F2N5O2. The minimum absolute atomic E-state index is 0.211. The van der Waals surface area contributed by atoms with Crippen molar-refractivity contribution in [2.45, 2.75) is 0 Å². The van der Waals surface area contributed by atoms with E-state index in [-0.39, 0.29) is 17.5 Å². The lowest BCUT2D eigenvalue weighted by Gasteiger charge is -2.26. The number of nitrogens with zero attached hydrogens (tertiary/aromatic N) is 4. The quantitative estimate of drug-likeness (QED) is 0.296. The van der Waals surface area contributed by atoms with Crippen LogP contribution in [0.5, 0.6) is 0 Å². The summed E-state index contributed by atoms with van der Waals surface area (Å²) in [6.45, 7) is 4.33. The molecule has 1 amide bonds. The summed E-state index contributed by atoms with van der Waals surface area (Å²) >= 11 is 0. The van der Waals surface area contributed by atoms with E-state index >= 15 is 0 Å². The first-order valence-corrected chi connectivity index (χ1v) is 13.5. The average molecular weight is 554 g/mol. The molecule has 3 aromatic heterocycles. The number of benzene rings is 2. The van der Waals surface area contributed by atoms with Gasteiger partial charge in [-0.05, 0) is 65.7 Å². The lowest BCUT2D eigenvalue weighted by atomic mass is 9.90. The smallest absolute Gasteiger partial charge is 0.268 e. The Morgan fingerprint density at radius 2 is 1.49 bits per heavy atom. The first-order chi connectivity index (χ1) is 20.0. The van der Waals surface area contributed by atoms with Crippen LogP contribution < -0.4 is 5.32 Å². The van der Waals surface area contributed by atoms with Gasteiger partial charge in [0.1, 0.15) is 17.3 Å². The summed E-state index contributed by atoms with van der Waals surface area (Å²) in [4.78, 5) is 24.9. The molecule has 0 radical (unpaired) electrons. The van der Waals surface area contributed by atoms with Crippen molar-refractivity contribution in [2.24, 2.45) is 7.05 Å². The van der Waals surface area contributed by atoms with Gasteiger partial charge in [0.2, 0.25) is 0 Å². The molecule has 7 nitrogen and oxygen atoms in total. The van der Waals surface area contributed by atoms with Gasteiger partial charge in [-0.15, -0.1) is 0 Å². The van der Waals surface area contributed by atoms with Crippen molar-refractivity contribution in [3.63, 3.8) is 0 Å². The first-order valence-electron chi connectivity index (χ1n) is 13.5. The van der Waals surface area contributed by atoms with E-state index in [1.807, 2.05) is 23.7 Å². The van der Waals surface area contributed by atoms with Crippen LogP contribution in [0.3, 0.4) is 0 Å². The second-order valence-corrected chi connectivity index (χ2v) is 9.99. The summed E-state index contributed by atoms with van der Waals surface area (Å²) in [5.74, 6) is -0.914. The predicted molar refractivity (Wildman–Crippen MR) is 154 cm³/mol. The third kappa shape index (κ3) is 5.46. The van der Waals surface area contributed by atoms with Gasteiger partial charge in [-0.25, -0.2) is 13.8 Å². The van der Waals surface area contributed by atoms with E-state index in [2.05, 4.69) is 15.2 Å². The molecule has 1 aliphatic heterocycles. The number of fused-ring (bicyclic) bond motifs is 1. The lowest BCUT2D eigenvalue weighted by Crippen LogP contribution is -2.41. The number of aromatic nitrogens is 3. The maximum Gasteiger partial charge on any atom is 0.268 e. The van der Waals surface area contributed by atoms with Crippen LogP contribution in [-0.2, 0) is 11.8 Å². The molecule has 4 heterocycles. The first kappa shape index (κ1) is 26.7. The van der Waals surface area contributed by atoms with Crippen molar-refractivity contribution in [3.8, 4) is 33.5 Å². The van der Waals surface area contributed by atoms with Gasteiger partial charge >= 0.3 is 0 Å². The van der Waals surface area contributed by atoms with E-state index in [1.165, 1.54) is 24.3 Å². The minimum atomic E-state index is -0.352. The molecule has 1 fully saturated rings. The Hall–Kier alpha value is -4.47. The van der Waals surface area contributed by atoms with E-state index in [4.69, 9.17) is 9.72 Å². The molecular weight excluding hydrogens is 524 g/mol. The minimum Gasteiger partial charge on any atom is -0.379 e. The molecule has 0 saturated carbocycles. The molecule has 208 valence electrons. The molecule has 41 heavy (non-hydrogen) atoms. The van der Waals surface area contributed by atoms with Gasteiger partial charge in [0.05, 0.1) is 29.9 Å². The zero-order valence-corrected chi connectivity index (χ0v) is 22.6. The van der Waals surface area contributed by atoms with Crippen molar-refractivity contribution < 1.29 is 18.3 Å². The standard InChI is InChI=1S/C32H29F2N5O2/c1-38-27(32(40)36-14-15-39-16-18-41-19-17-39)20-26-31(38)29(21-2-6-24(33)7-3-21)28(22-10-12-35-13-11-22)30(37-26)23-4-8-25(34)9-5-23/h2-13,20H,14-19H2,1H3,(H,36,40). The SMILES string of the molecule is Cn1c(C(=O)NCCN2CCOCC2)cc2nc(-c3ccc(F)cc3)c(-c3ccncc3)c(-c3ccc(F)cc3)c21. The topological polar surface area (TPSA) is 72.3 Å². The second kappa shape index (κ2) is 11.6. The van der Waals surface area contributed by atoms with E-state index in [0.29, 0.717) is 42.2 Å². The van der Waals surface area contributed by atoms with E-state index in [1.54, 1.807) is 42.7 Å². The van der Waals surface area contributed by atoms with Crippen LogP contribution in [0, 0.1) is 11.6 Å². The largest absolute Gasteiger partial charge is 0.379 e. The van der Waals surface area contributed by atoms with Crippen molar-refractivity contribution >= 4 is 16.9 Å². The number of nitrogens with one attached hydrogen (secondary N) is 1. The van der Waals surface area contributed by atoms with Crippen LogP contribution in [0.2, 0.25) is 0 Å². The van der Waals surface area contributed by atoms with E-state index in [0.717, 1.165) is 47.4 Å². The van der Waals surface area contributed by atoms with Gasteiger partial charge in [-0.2, -0.15) is 0 Å². The highest BCUT2D eigenvalue weighted by atomic mass is 19.1. The third-order valence-corrected chi connectivity index (χ3v) is 7.44. The normalized spacial score (nSPS) is 13.9. The Kier molecular flexibility index (Phi) is 7.54. The number of hydrogen-bond acceptors (Lipinski definition) is 5. The van der Waals surface area contributed by atoms with Gasteiger partial charge in [-0.1, -0.05) is 12.1 Å². The number of carbonyl (C=O) groups excluding carboxylic acids is 1. The van der Waals surface area contributed by atoms with Gasteiger partial charge in [0, 0.05) is 62.3 Å². The van der Waals surface area contributed by atoms with Crippen molar-refractivity contribution in [3.05, 3.63) is 96.5 Å². The van der Waals surface area contributed by atoms with Gasteiger partial charge in [-0.3, -0.25) is 14.7 Å². The highest BCUT2D eigenvalue weighted by molar-refractivity contribution is 6.08. The number of morpholine rings is 1. The molecule has 1 aliphatic rings. The average Bonchev–Trinajstić information content (AvgIpc) is 3.34. The summed E-state index contributed by atoms with van der Waals surface area (Å²) in [5.41, 5.74) is 6.27. The monoisotopic (exact) mass is 553 g/mol. The fraction of sp³-hybridized carbons (Fsp3) is 0.219. The molecule has 6 rings (SSSR count). The van der Waals surface area contributed by atoms with Crippen LogP contribution >= 0.6 is 0 Å². The van der Waals surface area contributed by atoms with Gasteiger partial charge < -0.3 is 14.6 Å². The Morgan fingerprint density at radius 1 is 0.878 bits per heavy atom. The number of rotatable bonds is 7. The summed E-state index contributed by atoms with van der Waals surface area (Å²) in [6, 6.07) is 18.0. The van der Waals surface area contributed by atoms with Crippen molar-refractivity contribution in [1.82, 2.24) is 24.8 Å². The Morgan fingerprint density at radius 3 is 2.15 bits per heavy atom. The molecule has 0 aliphatic carbocycles. The fourth-order valence-electron chi connectivity index (χ4n) is 5.36. The number of hydrogen-bond donors (Lipinski definition) is 1. The van der Waals surface area contributed by atoms with Crippen LogP contribution in [0.1, 0.15) is 10.5 Å². The molecule has 0 spiro atoms. The number of halogens is 2. The molecule has 5 aromatic rings. The van der Waals surface area contributed by atoms with Gasteiger partial charge in [0.25, 0.3) is 5.91 Å². The fourth-order valence-corrected chi connectivity index (χ4v) is 5.36. The molecule has 0 unspecified atom stereocenters. The van der Waals surface area contributed by atoms with Crippen molar-refractivity contribution in [2.75, 3.05) is 39.4 Å². The zero-order chi connectivity index (χ0) is 28.3. The maximum atomic E-state index is 14.0. The summed E-state index contributed by atoms with van der Waals surface area (Å²) in [6.07, 6.45) is 3.39. The molecule has 1 N–H and O–H groups in total. The van der Waals surface area contributed by atoms with E-state index < -0.39 is 0 Å². The molecule has 9 heteroatoms. The second-order valence-electron chi connectivity index (χ2n) is 9.99. The number of pyridine rings is 2. The highest BCUT2D eigenvalue weighted by Crippen LogP contribution is 2.43. The summed E-state index contributed by atoms with van der Waals surface area (Å²) < 4.78 is 35.2.